The van der Waals surface area contributed by atoms with Crippen molar-refractivity contribution in [2.24, 2.45) is 5.92 Å². The van der Waals surface area contributed by atoms with E-state index >= 15 is 0 Å². The third-order valence-electron chi connectivity index (χ3n) is 5.46. The standard InChI is InChI=1S/C24H27N5O3/c1-18-16-29(24(30)27-23-8-3-10-25-28-23)11-9-21(18)13-19-5-2-7-22(14-19)31-12-4-6-20-15-26-32-17-20/h2-3,5,7-8,10,13-15,17-18H,4,6,9,11-12,16H2,1H3,(H,27,28,30). The molecule has 8 heteroatoms. The molecule has 166 valence electrons. The van der Waals surface area contributed by atoms with Crippen LogP contribution in [0.3, 0.4) is 0 Å². The maximum Gasteiger partial charge on any atom is 0.323 e. The largest absolute Gasteiger partial charge is 0.494 e. The van der Waals surface area contributed by atoms with Crippen molar-refractivity contribution < 1.29 is 14.1 Å². The van der Waals surface area contributed by atoms with Crippen LogP contribution in [0.5, 0.6) is 5.75 Å². The molecule has 32 heavy (non-hydrogen) atoms. The Bertz CT molecular complexity index is 1040. The van der Waals surface area contributed by atoms with Gasteiger partial charge in [-0.05, 0) is 55.0 Å². The fourth-order valence-corrected chi connectivity index (χ4v) is 3.73. The fourth-order valence-electron chi connectivity index (χ4n) is 3.73. The number of aromatic nitrogens is 3. The smallest absolute Gasteiger partial charge is 0.323 e. The average molecular weight is 434 g/mol. The minimum Gasteiger partial charge on any atom is -0.494 e. The lowest BCUT2D eigenvalue weighted by Crippen LogP contribution is -2.42. The second kappa shape index (κ2) is 10.6. The molecule has 0 saturated carbocycles. The van der Waals surface area contributed by atoms with E-state index in [4.69, 9.17) is 9.26 Å². The molecule has 1 saturated heterocycles. The van der Waals surface area contributed by atoms with Crippen LogP contribution in [0.1, 0.15) is 30.9 Å². The number of amides is 2. The maximum atomic E-state index is 12.5. The van der Waals surface area contributed by atoms with Crippen molar-refractivity contribution >= 4 is 17.9 Å². The number of benzene rings is 1. The molecule has 8 nitrogen and oxygen atoms in total. The normalized spacial score (nSPS) is 17.3. The lowest BCUT2D eigenvalue weighted by atomic mass is 9.91. The van der Waals surface area contributed by atoms with Crippen LogP contribution in [0.25, 0.3) is 6.08 Å². The van der Waals surface area contributed by atoms with Crippen molar-refractivity contribution in [3.8, 4) is 5.75 Å². The van der Waals surface area contributed by atoms with E-state index < -0.39 is 0 Å². The third kappa shape index (κ3) is 5.94. The van der Waals surface area contributed by atoms with Crippen LogP contribution in [-0.2, 0) is 6.42 Å². The first-order chi connectivity index (χ1) is 15.7. The Balaban J connectivity index is 1.29. The summed E-state index contributed by atoms with van der Waals surface area (Å²) in [5.41, 5.74) is 3.52. The predicted octanol–water partition coefficient (Wildman–Crippen LogP) is 4.43. The predicted molar refractivity (Wildman–Crippen MR) is 121 cm³/mol. The summed E-state index contributed by atoms with van der Waals surface area (Å²) in [7, 11) is 0. The molecule has 0 radical (unpaired) electrons. The molecule has 1 aliphatic heterocycles. The third-order valence-corrected chi connectivity index (χ3v) is 5.46. The van der Waals surface area contributed by atoms with Crippen LogP contribution >= 0.6 is 0 Å². The monoisotopic (exact) mass is 433 g/mol. The van der Waals surface area contributed by atoms with E-state index in [1.807, 2.05) is 17.0 Å². The summed E-state index contributed by atoms with van der Waals surface area (Å²) in [5, 5.41) is 14.2. The number of carbonyl (C=O) groups excluding carboxylic acids is 1. The van der Waals surface area contributed by atoms with E-state index in [1.165, 1.54) is 5.57 Å². The first kappa shape index (κ1) is 21.5. The molecule has 1 unspecified atom stereocenters. The van der Waals surface area contributed by atoms with Gasteiger partial charge in [0.05, 0.1) is 12.8 Å². The summed E-state index contributed by atoms with van der Waals surface area (Å²) in [4.78, 5) is 14.4. The molecular weight excluding hydrogens is 406 g/mol. The van der Waals surface area contributed by atoms with Gasteiger partial charge in [-0.1, -0.05) is 35.9 Å². The molecule has 0 spiro atoms. The number of ether oxygens (including phenoxy) is 1. The van der Waals surface area contributed by atoms with Crippen LogP contribution in [0.4, 0.5) is 10.6 Å². The second-order valence-corrected chi connectivity index (χ2v) is 7.91. The highest BCUT2D eigenvalue weighted by Crippen LogP contribution is 2.26. The number of aryl methyl sites for hydroxylation is 1. The number of rotatable bonds is 7. The van der Waals surface area contributed by atoms with Gasteiger partial charge in [0.25, 0.3) is 0 Å². The lowest BCUT2D eigenvalue weighted by molar-refractivity contribution is 0.197. The molecule has 2 amide bonds. The Kier molecular flexibility index (Phi) is 7.12. The van der Waals surface area contributed by atoms with Gasteiger partial charge in [0.1, 0.15) is 12.0 Å². The Hall–Kier alpha value is -3.68. The summed E-state index contributed by atoms with van der Waals surface area (Å²) in [5.74, 6) is 1.59. The summed E-state index contributed by atoms with van der Waals surface area (Å²) >= 11 is 0. The molecule has 1 atom stereocenters. The minimum atomic E-state index is -0.141. The highest BCUT2D eigenvalue weighted by atomic mass is 16.5. The molecule has 3 heterocycles. The molecule has 1 fully saturated rings. The first-order valence-corrected chi connectivity index (χ1v) is 10.8. The van der Waals surface area contributed by atoms with Gasteiger partial charge < -0.3 is 14.2 Å². The number of anilines is 1. The number of nitrogens with one attached hydrogen (secondary N) is 1. The average Bonchev–Trinajstić information content (AvgIpc) is 3.33. The topological polar surface area (TPSA) is 93.4 Å². The molecule has 0 bridgehead atoms. The van der Waals surface area contributed by atoms with Crippen molar-refractivity contribution in [2.45, 2.75) is 26.2 Å². The Morgan fingerprint density at radius 2 is 2.28 bits per heavy atom. The van der Waals surface area contributed by atoms with Gasteiger partial charge in [-0.15, -0.1) is 5.10 Å². The molecule has 0 aliphatic carbocycles. The van der Waals surface area contributed by atoms with Gasteiger partial charge in [0.2, 0.25) is 0 Å². The number of carbonyl (C=O) groups is 1. The highest BCUT2D eigenvalue weighted by Gasteiger charge is 2.24. The number of hydrogen-bond donors (Lipinski definition) is 1. The van der Waals surface area contributed by atoms with Crippen LogP contribution in [-0.4, -0.2) is 46.0 Å². The Morgan fingerprint density at radius 3 is 3.06 bits per heavy atom. The first-order valence-electron chi connectivity index (χ1n) is 10.8. The van der Waals surface area contributed by atoms with E-state index in [1.54, 1.807) is 30.8 Å². The second-order valence-electron chi connectivity index (χ2n) is 7.91. The van der Waals surface area contributed by atoms with Gasteiger partial charge in [0.15, 0.2) is 5.82 Å². The lowest BCUT2D eigenvalue weighted by Gasteiger charge is -2.33. The van der Waals surface area contributed by atoms with E-state index in [0.29, 0.717) is 25.5 Å². The summed E-state index contributed by atoms with van der Waals surface area (Å²) in [6.45, 7) is 4.12. The van der Waals surface area contributed by atoms with Crippen LogP contribution in [0.2, 0.25) is 0 Å². The van der Waals surface area contributed by atoms with Crippen molar-refractivity contribution in [1.29, 1.82) is 0 Å². The van der Waals surface area contributed by atoms with E-state index in [0.717, 1.165) is 36.1 Å². The van der Waals surface area contributed by atoms with Crippen molar-refractivity contribution in [1.82, 2.24) is 20.3 Å². The van der Waals surface area contributed by atoms with E-state index in [-0.39, 0.29) is 11.9 Å². The number of urea groups is 1. The van der Waals surface area contributed by atoms with Crippen LogP contribution in [0, 0.1) is 5.92 Å². The van der Waals surface area contributed by atoms with Crippen LogP contribution < -0.4 is 10.1 Å². The number of piperidine rings is 1. The molecule has 2 aromatic heterocycles. The van der Waals surface area contributed by atoms with Gasteiger partial charge in [-0.2, -0.15) is 5.10 Å². The van der Waals surface area contributed by atoms with Crippen LogP contribution in [0.15, 0.2) is 65.2 Å². The molecule has 3 aromatic rings. The number of nitrogens with zero attached hydrogens (tertiary/aromatic N) is 4. The zero-order valence-electron chi connectivity index (χ0n) is 18.1. The highest BCUT2D eigenvalue weighted by molar-refractivity contribution is 5.88. The van der Waals surface area contributed by atoms with E-state index in [2.05, 4.69) is 45.8 Å². The molecule has 4 rings (SSSR count). The molecule has 1 N–H and O–H groups in total. The van der Waals surface area contributed by atoms with Gasteiger partial charge >= 0.3 is 6.03 Å². The summed E-state index contributed by atoms with van der Waals surface area (Å²) in [6, 6.07) is 11.5. The number of hydrogen-bond acceptors (Lipinski definition) is 6. The van der Waals surface area contributed by atoms with Gasteiger partial charge in [0, 0.05) is 24.8 Å². The SMILES string of the molecule is CC1CN(C(=O)Nc2cccnn2)CCC1=Cc1cccc(OCCCc2cnoc2)c1. The molecule has 1 aromatic carbocycles. The van der Waals surface area contributed by atoms with Crippen molar-refractivity contribution in [2.75, 3.05) is 25.0 Å². The van der Waals surface area contributed by atoms with Crippen molar-refractivity contribution in [3.63, 3.8) is 0 Å². The van der Waals surface area contributed by atoms with E-state index in [9.17, 15) is 4.79 Å². The molecule has 1 aliphatic rings. The maximum absolute atomic E-state index is 12.5. The van der Waals surface area contributed by atoms with Gasteiger partial charge in [-0.25, -0.2) is 4.79 Å². The minimum absolute atomic E-state index is 0.141. The fraction of sp³-hybridized carbons (Fsp3) is 0.333. The zero-order chi connectivity index (χ0) is 22.2. The van der Waals surface area contributed by atoms with Crippen molar-refractivity contribution in [3.05, 3.63) is 71.8 Å². The summed E-state index contributed by atoms with van der Waals surface area (Å²) < 4.78 is 10.8. The summed E-state index contributed by atoms with van der Waals surface area (Å²) in [6.07, 6.45) is 9.80. The number of likely N-dealkylation sites (tertiary alicyclic amines) is 1. The molecular formula is C24H27N5O3. The Labute approximate surface area is 187 Å². The quantitative estimate of drug-likeness (QED) is 0.554. The Morgan fingerprint density at radius 1 is 1.34 bits per heavy atom. The zero-order valence-corrected chi connectivity index (χ0v) is 18.1. The van der Waals surface area contributed by atoms with Gasteiger partial charge in [-0.3, -0.25) is 5.32 Å².